The molecule has 0 amide bonds. The van der Waals surface area contributed by atoms with Gasteiger partial charge in [0.05, 0.1) is 16.2 Å². The second-order valence-corrected chi connectivity index (χ2v) is 6.59. The zero-order valence-corrected chi connectivity index (χ0v) is 14.9. The average molecular weight is 378 g/mol. The van der Waals surface area contributed by atoms with Gasteiger partial charge in [-0.05, 0) is 17.7 Å². The maximum Gasteiger partial charge on any atom is 0.192 e. The highest BCUT2D eigenvalue weighted by atomic mass is 35.5. The van der Waals surface area contributed by atoms with Gasteiger partial charge in [-0.1, -0.05) is 47.1 Å². The van der Waals surface area contributed by atoms with Crippen molar-refractivity contribution in [2.45, 2.75) is 17.5 Å². The molecule has 3 aromatic rings. The van der Waals surface area contributed by atoms with Crippen molar-refractivity contribution >= 4 is 35.0 Å². The second-order valence-electron chi connectivity index (χ2n) is 4.83. The zero-order chi connectivity index (χ0) is 16.9. The fraction of sp³-hybridized carbons (Fsp3) is 0.125. The van der Waals surface area contributed by atoms with E-state index < -0.39 is 0 Å². The lowest BCUT2D eigenvalue weighted by molar-refractivity contribution is 0.729. The summed E-state index contributed by atoms with van der Waals surface area (Å²) in [6, 6.07) is 5.59. The summed E-state index contributed by atoms with van der Waals surface area (Å²) in [6.07, 6.45) is 6.71. The molecule has 5 nitrogen and oxygen atoms in total. The third-order valence-corrected chi connectivity index (χ3v) is 4.95. The number of benzene rings is 1. The summed E-state index contributed by atoms with van der Waals surface area (Å²) in [5.74, 6) is 1.37. The maximum absolute atomic E-state index is 6.06. The van der Waals surface area contributed by atoms with Gasteiger partial charge in [0.2, 0.25) is 0 Å². The van der Waals surface area contributed by atoms with Crippen molar-refractivity contribution in [2.75, 3.05) is 0 Å². The van der Waals surface area contributed by atoms with E-state index in [1.54, 1.807) is 42.5 Å². The topological polar surface area (TPSA) is 56.5 Å². The monoisotopic (exact) mass is 377 g/mol. The molecule has 0 radical (unpaired) electrons. The fourth-order valence-electron chi connectivity index (χ4n) is 2.07. The normalized spacial score (nSPS) is 10.8. The molecule has 0 aliphatic carbocycles. The molecule has 0 bridgehead atoms. The predicted octanol–water partition coefficient (Wildman–Crippen LogP) is 4.52. The molecule has 0 aliphatic heterocycles. The number of aromatic nitrogens is 5. The van der Waals surface area contributed by atoms with Crippen molar-refractivity contribution in [1.29, 1.82) is 0 Å². The third-order valence-electron chi connectivity index (χ3n) is 3.17. The lowest BCUT2D eigenvalue weighted by Gasteiger charge is -2.07. The number of thioether (sulfide) groups is 1. The minimum absolute atomic E-state index is 0.544. The number of nitrogens with zero attached hydrogens (tertiary/aromatic N) is 5. The van der Waals surface area contributed by atoms with E-state index in [1.165, 1.54) is 0 Å². The van der Waals surface area contributed by atoms with Gasteiger partial charge in [-0.15, -0.1) is 16.8 Å². The number of rotatable bonds is 6. The molecule has 24 heavy (non-hydrogen) atoms. The molecule has 1 aromatic carbocycles. The van der Waals surface area contributed by atoms with E-state index in [2.05, 4.69) is 26.7 Å². The number of halogens is 2. The molecule has 0 unspecified atom stereocenters. The van der Waals surface area contributed by atoms with Crippen LogP contribution in [-0.2, 0) is 12.3 Å². The van der Waals surface area contributed by atoms with Crippen LogP contribution in [0.15, 0.2) is 54.6 Å². The fourth-order valence-corrected chi connectivity index (χ4v) is 3.28. The Balaban J connectivity index is 1.84. The molecule has 0 N–H and O–H groups in total. The van der Waals surface area contributed by atoms with E-state index >= 15 is 0 Å². The highest BCUT2D eigenvalue weighted by molar-refractivity contribution is 7.98. The predicted molar refractivity (Wildman–Crippen MR) is 97.3 cm³/mol. The third kappa shape index (κ3) is 3.77. The Morgan fingerprint density at radius 1 is 1.17 bits per heavy atom. The molecule has 0 fully saturated rings. The molecule has 122 valence electrons. The van der Waals surface area contributed by atoms with Gasteiger partial charge in [-0.25, -0.2) is 4.98 Å². The zero-order valence-electron chi connectivity index (χ0n) is 12.6. The van der Waals surface area contributed by atoms with Crippen LogP contribution in [0.4, 0.5) is 0 Å². The van der Waals surface area contributed by atoms with Crippen molar-refractivity contribution in [3.8, 4) is 11.5 Å². The number of allylic oxidation sites excluding steroid dienone is 1. The SMILES string of the molecule is C=CCn1c(SCc2ccc(Cl)c(Cl)c2)nnc1-c1cnccn1. The van der Waals surface area contributed by atoms with Crippen LogP contribution in [0, 0.1) is 0 Å². The highest BCUT2D eigenvalue weighted by Crippen LogP contribution is 2.28. The van der Waals surface area contributed by atoms with Crippen LogP contribution in [0.2, 0.25) is 10.0 Å². The van der Waals surface area contributed by atoms with Crippen LogP contribution >= 0.6 is 35.0 Å². The van der Waals surface area contributed by atoms with Gasteiger partial charge >= 0.3 is 0 Å². The van der Waals surface area contributed by atoms with E-state index in [0.717, 1.165) is 10.7 Å². The molecule has 8 heteroatoms. The molecule has 0 aliphatic rings. The summed E-state index contributed by atoms with van der Waals surface area (Å²) in [4.78, 5) is 8.36. The largest absolute Gasteiger partial charge is 0.297 e. The van der Waals surface area contributed by atoms with Gasteiger partial charge in [-0.3, -0.25) is 9.55 Å². The van der Waals surface area contributed by atoms with Crippen LogP contribution in [0.1, 0.15) is 5.56 Å². The summed E-state index contributed by atoms with van der Waals surface area (Å²) >= 11 is 13.6. The van der Waals surface area contributed by atoms with Gasteiger partial charge in [0, 0.05) is 24.7 Å². The van der Waals surface area contributed by atoms with Crippen LogP contribution in [0.5, 0.6) is 0 Å². The van der Waals surface area contributed by atoms with Crippen LogP contribution in [-0.4, -0.2) is 24.7 Å². The van der Waals surface area contributed by atoms with Gasteiger partial charge in [0.25, 0.3) is 0 Å². The average Bonchev–Trinajstić information content (AvgIpc) is 3.00. The van der Waals surface area contributed by atoms with Gasteiger partial charge in [-0.2, -0.15) is 0 Å². The summed E-state index contributed by atoms with van der Waals surface area (Å²) in [7, 11) is 0. The summed E-state index contributed by atoms with van der Waals surface area (Å²) < 4.78 is 1.96. The van der Waals surface area contributed by atoms with E-state index in [9.17, 15) is 0 Å². The van der Waals surface area contributed by atoms with Crippen molar-refractivity contribution in [3.05, 3.63) is 65.1 Å². The van der Waals surface area contributed by atoms with E-state index in [-0.39, 0.29) is 0 Å². The van der Waals surface area contributed by atoms with Crippen molar-refractivity contribution in [3.63, 3.8) is 0 Å². The van der Waals surface area contributed by atoms with Crippen molar-refractivity contribution in [2.24, 2.45) is 0 Å². The molecule has 0 atom stereocenters. The van der Waals surface area contributed by atoms with Gasteiger partial charge in [0.15, 0.2) is 11.0 Å². The second kappa shape index (κ2) is 7.79. The molecular formula is C16H13Cl2N5S. The van der Waals surface area contributed by atoms with Crippen molar-refractivity contribution in [1.82, 2.24) is 24.7 Å². The first-order chi connectivity index (χ1) is 11.7. The molecular weight excluding hydrogens is 365 g/mol. The highest BCUT2D eigenvalue weighted by Gasteiger charge is 2.14. The first-order valence-electron chi connectivity index (χ1n) is 7.06. The molecule has 2 heterocycles. The van der Waals surface area contributed by atoms with Crippen LogP contribution < -0.4 is 0 Å². The summed E-state index contributed by atoms with van der Waals surface area (Å²) in [5, 5.41) is 10.4. The quantitative estimate of drug-likeness (QED) is 0.466. The Labute approximate surface area is 153 Å². The lowest BCUT2D eigenvalue weighted by Crippen LogP contribution is -2.01. The van der Waals surface area contributed by atoms with Crippen molar-refractivity contribution < 1.29 is 0 Å². The maximum atomic E-state index is 6.06. The summed E-state index contributed by atoms with van der Waals surface area (Å²) in [5.41, 5.74) is 1.73. The Bertz CT molecular complexity index is 851. The molecule has 0 saturated heterocycles. The Hall–Kier alpha value is -1.89. The lowest BCUT2D eigenvalue weighted by atomic mass is 10.2. The van der Waals surface area contributed by atoms with Crippen LogP contribution in [0.3, 0.4) is 0 Å². The smallest absolute Gasteiger partial charge is 0.192 e. The van der Waals surface area contributed by atoms with Gasteiger partial charge in [0.1, 0.15) is 5.69 Å². The first kappa shape index (κ1) is 17.0. The molecule has 3 rings (SSSR count). The first-order valence-corrected chi connectivity index (χ1v) is 8.80. The summed E-state index contributed by atoms with van der Waals surface area (Å²) in [6.45, 7) is 4.38. The standard InChI is InChI=1S/C16H13Cl2N5S/c1-2-7-23-15(14-9-19-5-6-20-14)21-22-16(23)24-10-11-3-4-12(17)13(18)8-11/h2-6,8-9H,1,7,10H2. The molecule has 0 spiro atoms. The van der Waals surface area contributed by atoms with E-state index in [0.29, 0.717) is 33.9 Å². The number of hydrogen-bond donors (Lipinski definition) is 0. The van der Waals surface area contributed by atoms with Crippen LogP contribution in [0.25, 0.3) is 11.5 Å². The van der Waals surface area contributed by atoms with E-state index in [1.807, 2.05) is 16.7 Å². The molecule has 0 saturated carbocycles. The minimum Gasteiger partial charge on any atom is -0.297 e. The van der Waals surface area contributed by atoms with E-state index in [4.69, 9.17) is 23.2 Å². The Morgan fingerprint density at radius 3 is 2.75 bits per heavy atom. The number of hydrogen-bond acceptors (Lipinski definition) is 5. The van der Waals surface area contributed by atoms with Gasteiger partial charge < -0.3 is 0 Å². The molecule has 2 aromatic heterocycles. The Morgan fingerprint density at radius 2 is 2.04 bits per heavy atom. The Kier molecular flexibility index (Phi) is 5.50. The minimum atomic E-state index is 0.544.